The number of nitrogens with zero attached hydrogens (tertiary/aromatic N) is 1. The third-order valence-electron chi connectivity index (χ3n) is 5.94. The van der Waals surface area contributed by atoms with Gasteiger partial charge in [0.05, 0.1) is 18.8 Å². The van der Waals surface area contributed by atoms with E-state index in [4.69, 9.17) is 10.5 Å². The summed E-state index contributed by atoms with van der Waals surface area (Å²) in [6.07, 6.45) is 5.72. The molecular formula is C21H32FN3O2. The Bertz CT molecular complexity index is 619. The highest BCUT2D eigenvalue weighted by molar-refractivity contribution is 5.74. The lowest BCUT2D eigenvalue weighted by Crippen LogP contribution is -2.58. The Balaban J connectivity index is 1.51. The Kier molecular flexibility index (Phi) is 7.07. The standard InChI is InChI=1S/C21H32FN3O2/c1-2-24-21(26)25-13-5-8-19(23)20(25)14-27-16-11-9-15(10-12-16)17-6-3-4-7-18(17)22/h3-4,6-7,15-16,19-20H,2,5,8-14,23H2,1H3,(H,24,26)/t15?,16?,19-,20+/m1/s1. The lowest BCUT2D eigenvalue weighted by Gasteiger charge is -2.40. The number of carbonyl (C=O) groups is 1. The lowest BCUT2D eigenvalue weighted by molar-refractivity contribution is -0.0159. The fraction of sp³-hybridized carbons (Fsp3) is 0.667. The van der Waals surface area contributed by atoms with Gasteiger partial charge in [-0.3, -0.25) is 0 Å². The number of piperidine rings is 1. The van der Waals surface area contributed by atoms with E-state index in [0.717, 1.165) is 50.6 Å². The monoisotopic (exact) mass is 377 g/mol. The number of benzene rings is 1. The Morgan fingerprint density at radius 3 is 2.70 bits per heavy atom. The number of hydrogen-bond donors (Lipinski definition) is 2. The van der Waals surface area contributed by atoms with Gasteiger partial charge >= 0.3 is 6.03 Å². The zero-order valence-electron chi connectivity index (χ0n) is 16.2. The molecule has 1 heterocycles. The maximum absolute atomic E-state index is 14.0. The smallest absolute Gasteiger partial charge is 0.317 e. The van der Waals surface area contributed by atoms with Crippen LogP contribution in [0.15, 0.2) is 24.3 Å². The van der Waals surface area contributed by atoms with Gasteiger partial charge < -0.3 is 20.7 Å². The van der Waals surface area contributed by atoms with Crippen LogP contribution in [0.5, 0.6) is 0 Å². The van der Waals surface area contributed by atoms with Crippen LogP contribution >= 0.6 is 0 Å². The molecule has 1 aromatic carbocycles. The van der Waals surface area contributed by atoms with E-state index in [-0.39, 0.29) is 36.0 Å². The average Bonchev–Trinajstić information content (AvgIpc) is 2.68. The van der Waals surface area contributed by atoms with Gasteiger partial charge in [0.15, 0.2) is 0 Å². The predicted molar refractivity (Wildman–Crippen MR) is 104 cm³/mol. The molecule has 2 amide bonds. The number of hydrogen-bond acceptors (Lipinski definition) is 3. The summed E-state index contributed by atoms with van der Waals surface area (Å²) in [7, 11) is 0. The van der Waals surface area contributed by atoms with Crippen LogP contribution in [0.25, 0.3) is 0 Å². The molecule has 150 valence electrons. The highest BCUT2D eigenvalue weighted by atomic mass is 19.1. The van der Waals surface area contributed by atoms with Gasteiger partial charge in [0.2, 0.25) is 0 Å². The van der Waals surface area contributed by atoms with Gasteiger partial charge in [-0.25, -0.2) is 9.18 Å². The molecule has 2 aliphatic rings. The molecule has 2 fully saturated rings. The van der Waals surface area contributed by atoms with Crippen LogP contribution in [0.1, 0.15) is 56.9 Å². The molecule has 0 spiro atoms. The molecule has 5 nitrogen and oxygen atoms in total. The molecule has 1 aliphatic heterocycles. The topological polar surface area (TPSA) is 67.6 Å². The first-order chi connectivity index (χ1) is 13.1. The highest BCUT2D eigenvalue weighted by Crippen LogP contribution is 2.35. The van der Waals surface area contributed by atoms with Crippen molar-refractivity contribution in [1.29, 1.82) is 0 Å². The van der Waals surface area contributed by atoms with E-state index in [0.29, 0.717) is 13.2 Å². The Morgan fingerprint density at radius 1 is 1.26 bits per heavy atom. The number of urea groups is 1. The van der Waals surface area contributed by atoms with Crippen molar-refractivity contribution in [2.45, 2.75) is 69.6 Å². The van der Waals surface area contributed by atoms with E-state index in [9.17, 15) is 9.18 Å². The summed E-state index contributed by atoms with van der Waals surface area (Å²) in [5.74, 6) is 0.169. The number of ether oxygens (including phenoxy) is 1. The van der Waals surface area contributed by atoms with Gasteiger partial charge in [-0.2, -0.15) is 0 Å². The minimum absolute atomic E-state index is 0.0453. The molecular weight excluding hydrogens is 345 g/mol. The van der Waals surface area contributed by atoms with Gasteiger partial charge in [0.25, 0.3) is 0 Å². The molecule has 27 heavy (non-hydrogen) atoms. The number of likely N-dealkylation sites (tertiary alicyclic amines) is 1. The lowest BCUT2D eigenvalue weighted by atomic mass is 9.82. The van der Waals surface area contributed by atoms with Crippen LogP contribution < -0.4 is 11.1 Å². The molecule has 1 aromatic rings. The van der Waals surface area contributed by atoms with E-state index in [1.807, 2.05) is 24.0 Å². The molecule has 2 atom stereocenters. The second-order valence-corrected chi connectivity index (χ2v) is 7.73. The van der Waals surface area contributed by atoms with Crippen LogP contribution in [-0.4, -0.2) is 48.8 Å². The van der Waals surface area contributed by atoms with E-state index in [1.54, 1.807) is 12.1 Å². The van der Waals surface area contributed by atoms with Crippen molar-refractivity contribution in [2.24, 2.45) is 5.73 Å². The van der Waals surface area contributed by atoms with Crippen molar-refractivity contribution < 1.29 is 13.9 Å². The SMILES string of the molecule is CCNC(=O)N1CCC[C@@H](N)[C@@H]1COC1CCC(c2ccccc2F)CC1. The van der Waals surface area contributed by atoms with Crippen molar-refractivity contribution in [2.75, 3.05) is 19.7 Å². The minimum atomic E-state index is -0.104. The third kappa shape index (κ3) is 4.99. The molecule has 0 radical (unpaired) electrons. The van der Waals surface area contributed by atoms with Crippen LogP contribution in [0, 0.1) is 5.82 Å². The fourth-order valence-electron chi connectivity index (χ4n) is 4.39. The number of halogens is 1. The summed E-state index contributed by atoms with van der Waals surface area (Å²) < 4.78 is 20.2. The van der Waals surface area contributed by atoms with E-state index >= 15 is 0 Å². The quantitative estimate of drug-likeness (QED) is 0.826. The molecule has 1 saturated heterocycles. The number of rotatable bonds is 5. The van der Waals surface area contributed by atoms with Crippen molar-refractivity contribution in [3.8, 4) is 0 Å². The van der Waals surface area contributed by atoms with Gasteiger partial charge in [0, 0.05) is 19.1 Å². The van der Waals surface area contributed by atoms with Gasteiger partial charge in [-0.15, -0.1) is 0 Å². The summed E-state index contributed by atoms with van der Waals surface area (Å²) in [6, 6.07) is 6.91. The van der Waals surface area contributed by atoms with Crippen LogP contribution in [-0.2, 0) is 4.74 Å². The second kappa shape index (κ2) is 9.51. The summed E-state index contributed by atoms with van der Waals surface area (Å²) in [4.78, 5) is 14.1. The van der Waals surface area contributed by atoms with Crippen LogP contribution in [0.4, 0.5) is 9.18 Å². The van der Waals surface area contributed by atoms with Crippen molar-refractivity contribution in [1.82, 2.24) is 10.2 Å². The molecule has 0 aromatic heterocycles. The number of carbonyl (C=O) groups excluding carboxylic acids is 1. The molecule has 1 saturated carbocycles. The second-order valence-electron chi connectivity index (χ2n) is 7.73. The van der Waals surface area contributed by atoms with Crippen LogP contribution in [0.3, 0.4) is 0 Å². The van der Waals surface area contributed by atoms with E-state index in [2.05, 4.69) is 5.32 Å². The number of nitrogens with one attached hydrogen (secondary N) is 1. The Morgan fingerprint density at radius 2 is 2.00 bits per heavy atom. The first kappa shape index (κ1) is 20.1. The summed E-state index contributed by atoms with van der Waals surface area (Å²) in [5.41, 5.74) is 7.12. The molecule has 0 unspecified atom stereocenters. The summed E-state index contributed by atoms with van der Waals surface area (Å²) >= 11 is 0. The van der Waals surface area contributed by atoms with Crippen molar-refractivity contribution >= 4 is 6.03 Å². The average molecular weight is 378 g/mol. The molecule has 3 N–H and O–H groups in total. The van der Waals surface area contributed by atoms with Crippen LogP contribution in [0.2, 0.25) is 0 Å². The number of amides is 2. The van der Waals surface area contributed by atoms with Gasteiger partial charge in [-0.1, -0.05) is 18.2 Å². The Hall–Kier alpha value is -1.66. The summed E-state index contributed by atoms with van der Waals surface area (Å²) in [5, 5.41) is 2.87. The van der Waals surface area contributed by atoms with Gasteiger partial charge in [0.1, 0.15) is 5.82 Å². The van der Waals surface area contributed by atoms with Gasteiger partial charge in [-0.05, 0) is 63.0 Å². The largest absolute Gasteiger partial charge is 0.376 e. The van der Waals surface area contributed by atoms with Crippen molar-refractivity contribution in [3.63, 3.8) is 0 Å². The predicted octanol–water partition coefficient (Wildman–Crippen LogP) is 3.39. The maximum atomic E-state index is 14.0. The molecule has 3 rings (SSSR count). The van der Waals surface area contributed by atoms with E-state index < -0.39 is 0 Å². The van der Waals surface area contributed by atoms with E-state index in [1.165, 1.54) is 0 Å². The zero-order chi connectivity index (χ0) is 19.2. The normalized spacial score (nSPS) is 28.8. The minimum Gasteiger partial charge on any atom is -0.376 e. The summed E-state index contributed by atoms with van der Waals surface area (Å²) in [6.45, 7) is 3.74. The van der Waals surface area contributed by atoms with Crippen molar-refractivity contribution in [3.05, 3.63) is 35.6 Å². The maximum Gasteiger partial charge on any atom is 0.317 e. The Labute approximate surface area is 161 Å². The fourth-order valence-corrected chi connectivity index (χ4v) is 4.39. The molecule has 0 bridgehead atoms. The highest BCUT2D eigenvalue weighted by Gasteiger charge is 2.33. The first-order valence-corrected chi connectivity index (χ1v) is 10.3. The third-order valence-corrected chi connectivity index (χ3v) is 5.94. The molecule has 1 aliphatic carbocycles. The number of nitrogens with two attached hydrogens (primary N) is 1. The first-order valence-electron chi connectivity index (χ1n) is 10.3. The molecule has 6 heteroatoms. The zero-order valence-corrected chi connectivity index (χ0v) is 16.2.